The van der Waals surface area contributed by atoms with Crippen LogP contribution in [-0.4, -0.2) is 0 Å². The molecule has 1 fully saturated rings. The number of hydrogen-bond donors (Lipinski definition) is 0. The molecule has 1 aliphatic rings. The van der Waals surface area contributed by atoms with Crippen molar-refractivity contribution >= 4 is 0 Å². The van der Waals surface area contributed by atoms with Crippen molar-refractivity contribution in [1.82, 2.24) is 0 Å². The van der Waals surface area contributed by atoms with E-state index in [0.29, 0.717) is 5.41 Å². The van der Waals surface area contributed by atoms with E-state index in [0.717, 1.165) is 18.3 Å². The van der Waals surface area contributed by atoms with Crippen LogP contribution in [0.5, 0.6) is 0 Å². The van der Waals surface area contributed by atoms with E-state index in [-0.39, 0.29) is 0 Å². The van der Waals surface area contributed by atoms with E-state index in [2.05, 4.69) is 27.7 Å². The first-order chi connectivity index (χ1) is 6.17. The van der Waals surface area contributed by atoms with Gasteiger partial charge in [-0.2, -0.15) is 0 Å². The van der Waals surface area contributed by atoms with Crippen molar-refractivity contribution in [2.24, 2.45) is 17.3 Å². The smallest absolute Gasteiger partial charge is 0.0246 e. The van der Waals surface area contributed by atoms with Gasteiger partial charge < -0.3 is 0 Å². The molecule has 0 aromatic rings. The second kappa shape index (κ2) is 4.48. The Hall–Kier alpha value is 0. The molecule has 0 saturated heterocycles. The Bertz CT molecular complexity index is 132. The van der Waals surface area contributed by atoms with Gasteiger partial charge in [0, 0.05) is 0 Å². The van der Waals surface area contributed by atoms with Crippen LogP contribution in [0.1, 0.15) is 59.3 Å². The molecule has 1 radical (unpaired) electrons. The summed E-state index contributed by atoms with van der Waals surface area (Å²) in [6.45, 7) is 11.2. The molecule has 0 N–H and O–H groups in total. The van der Waals surface area contributed by atoms with Crippen LogP contribution in [0.2, 0.25) is 0 Å². The molecule has 1 atom stereocenters. The lowest BCUT2D eigenvalue weighted by Crippen LogP contribution is -2.29. The number of rotatable bonds is 6. The number of hydrogen-bond acceptors (Lipinski definition) is 0. The molecule has 0 bridgehead atoms. The van der Waals surface area contributed by atoms with E-state index in [1.54, 1.807) is 0 Å². The Balaban J connectivity index is 2.66. The van der Waals surface area contributed by atoms with E-state index in [1.165, 1.54) is 32.1 Å². The van der Waals surface area contributed by atoms with Crippen LogP contribution < -0.4 is 0 Å². The molecule has 0 heteroatoms. The summed E-state index contributed by atoms with van der Waals surface area (Å²) in [5.74, 6) is 1.89. The van der Waals surface area contributed by atoms with E-state index < -0.39 is 0 Å². The molecule has 0 heterocycles. The van der Waals surface area contributed by atoms with Crippen LogP contribution in [-0.2, 0) is 0 Å². The summed E-state index contributed by atoms with van der Waals surface area (Å²) >= 11 is 0. The van der Waals surface area contributed by atoms with E-state index in [1.807, 2.05) is 0 Å². The summed E-state index contributed by atoms with van der Waals surface area (Å²) < 4.78 is 0. The van der Waals surface area contributed by atoms with Crippen LogP contribution >= 0.6 is 0 Å². The van der Waals surface area contributed by atoms with Crippen molar-refractivity contribution in [2.45, 2.75) is 59.3 Å². The summed E-state index contributed by atoms with van der Waals surface area (Å²) in [7, 11) is 0. The largest absolute Gasteiger partial charge is 0.0654 e. The Morgan fingerprint density at radius 2 is 1.92 bits per heavy atom. The Morgan fingerprint density at radius 1 is 1.31 bits per heavy atom. The van der Waals surface area contributed by atoms with Crippen LogP contribution in [0.3, 0.4) is 0 Å². The van der Waals surface area contributed by atoms with Crippen molar-refractivity contribution in [1.29, 1.82) is 0 Å². The van der Waals surface area contributed by atoms with Gasteiger partial charge in [0.2, 0.25) is 0 Å². The molecular weight excluding hydrogens is 156 g/mol. The third-order valence-electron chi connectivity index (χ3n) is 3.90. The quantitative estimate of drug-likeness (QED) is 0.568. The summed E-state index contributed by atoms with van der Waals surface area (Å²) in [4.78, 5) is 0. The first-order valence-electron chi connectivity index (χ1n) is 5.96. The molecular formula is C13H25. The predicted molar refractivity (Wildman–Crippen MR) is 59.5 cm³/mol. The van der Waals surface area contributed by atoms with Gasteiger partial charge >= 0.3 is 0 Å². The average molecular weight is 181 g/mol. The molecule has 1 rings (SSSR count). The highest BCUT2D eigenvalue weighted by molar-refractivity contribution is 4.95. The monoisotopic (exact) mass is 181 g/mol. The van der Waals surface area contributed by atoms with Gasteiger partial charge in [-0.15, -0.1) is 0 Å². The molecule has 13 heavy (non-hydrogen) atoms. The highest BCUT2D eigenvalue weighted by Gasteiger charge is 2.45. The summed E-state index contributed by atoms with van der Waals surface area (Å²) in [6, 6.07) is 0. The van der Waals surface area contributed by atoms with Crippen LogP contribution in [0.4, 0.5) is 0 Å². The molecule has 0 nitrogen and oxygen atoms in total. The van der Waals surface area contributed by atoms with Crippen molar-refractivity contribution in [2.75, 3.05) is 0 Å². The van der Waals surface area contributed by atoms with Gasteiger partial charge in [-0.05, 0) is 42.9 Å². The minimum Gasteiger partial charge on any atom is -0.0654 e. The summed E-state index contributed by atoms with van der Waals surface area (Å²) in [6.07, 6.45) is 8.20. The lowest BCUT2D eigenvalue weighted by molar-refractivity contribution is 0.119. The van der Waals surface area contributed by atoms with Crippen LogP contribution in [0.25, 0.3) is 0 Å². The molecule has 0 spiro atoms. The van der Waals surface area contributed by atoms with Crippen molar-refractivity contribution in [3.05, 3.63) is 6.92 Å². The minimum atomic E-state index is 0.649. The fourth-order valence-electron chi connectivity index (χ4n) is 3.03. The maximum absolute atomic E-state index is 4.05. The first-order valence-corrected chi connectivity index (χ1v) is 5.96. The fraction of sp³-hybridized carbons (Fsp3) is 0.923. The summed E-state index contributed by atoms with van der Waals surface area (Å²) in [5, 5.41) is 0. The van der Waals surface area contributed by atoms with Gasteiger partial charge in [0.15, 0.2) is 0 Å². The maximum Gasteiger partial charge on any atom is -0.0246 e. The lowest BCUT2D eigenvalue weighted by atomic mass is 9.67. The van der Waals surface area contributed by atoms with E-state index in [4.69, 9.17) is 0 Å². The van der Waals surface area contributed by atoms with Gasteiger partial charge in [0.1, 0.15) is 0 Å². The van der Waals surface area contributed by atoms with Gasteiger partial charge in [-0.3, -0.25) is 0 Å². The van der Waals surface area contributed by atoms with E-state index >= 15 is 0 Å². The highest BCUT2D eigenvalue weighted by Crippen LogP contribution is 2.55. The van der Waals surface area contributed by atoms with Gasteiger partial charge in [0.25, 0.3) is 0 Å². The minimum absolute atomic E-state index is 0.649. The molecule has 0 amide bonds. The van der Waals surface area contributed by atoms with E-state index in [9.17, 15) is 0 Å². The Labute approximate surface area is 84.1 Å². The average Bonchev–Trinajstić information content (AvgIpc) is 2.85. The molecule has 0 aromatic carbocycles. The normalized spacial score (nSPS) is 18.2. The van der Waals surface area contributed by atoms with Crippen molar-refractivity contribution in [3.8, 4) is 0 Å². The van der Waals surface area contributed by atoms with Crippen LogP contribution in [0, 0.1) is 24.2 Å². The standard InChI is InChI=1S/C13H25/c1-5-9-13(10-6-2,11(3)4)12-7-8-12/h11-12H,1,5-10H2,2-4H3. The third kappa shape index (κ3) is 2.27. The molecule has 1 unspecified atom stereocenters. The Kier molecular flexibility index (Phi) is 3.82. The zero-order valence-electron chi connectivity index (χ0n) is 9.60. The van der Waals surface area contributed by atoms with Gasteiger partial charge in [-0.25, -0.2) is 0 Å². The molecule has 1 aliphatic carbocycles. The topological polar surface area (TPSA) is 0 Å². The second-order valence-electron chi connectivity index (χ2n) is 5.02. The third-order valence-corrected chi connectivity index (χ3v) is 3.90. The maximum atomic E-state index is 4.05. The predicted octanol–water partition coefficient (Wildman–Crippen LogP) is 4.45. The van der Waals surface area contributed by atoms with Crippen molar-refractivity contribution in [3.63, 3.8) is 0 Å². The zero-order chi connectivity index (χ0) is 9.90. The molecule has 1 saturated carbocycles. The zero-order valence-corrected chi connectivity index (χ0v) is 9.60. The molecule has 0 aromatic heterocycles. The summed E-state index contributed by atoms with van der Waals surface area (Å²) in [5.41, 5.74) is 0.649. The SMILES string of the molecule is [CH2]CCC(CCC)(C(C)C)C1CC1. The Morgan fingerprint density at radius 3 is 2.23 bits per heavy atom. The highest BCUT2D eigenvalue weighted by atomic mass is 14.5. The second-order valence-corrected chi connectivity index (χ2v) is 5.02. The first kappa shape index (κ1) is 11.1. The van der Waals surface area contributed by atoms with Gasteiger partial charge in [0.05, 0.1) is 0 Å². The van der Waals surface area contributed by atoms with Gasteiger partial charge in [-0.1, -0.05) is 40.5 Å². The van der Waals surface area contributed by atoms with Crippen LogP contribution in [0.15, 0.2) is 0 Å². The lowest BCUT2D eigenvalue weighted by Gasteiger charge is -2.38. The fourth-order valence-corrected chi connectivity index (χ4v) is 3.03. The molecule has 0 aliphatic heterocycles. The van der Waals surface area contributed by atoms with Crippen molar-refractivity contribution < 1.29 is 0 Å². The molecule has 77 valence electrons.